The third kappa shape index (κ3) is 1.60. The van der Waals surface area contributed by atoms with Crippen LogP contribution in [0.1, 0.15) is 17.2 Å². The van der Waals surface area contributed by atoms with Gasteiger partial charge in [-0.05, 0) is 24.1 Å². The van der Waals surface area contributed by atoms with Gasteiger partial charge in [0, 0.05) is 0 Å². The zero-order valence-electron chi connectivity index (χ0n) is 6.58. The van der Waals surface area contributed by atoms with E-state index in [1.807, 2.05) is 0 Å². The standard InChI is InChI=1S/C9H8FNO/c1-6-2-3-7(4-8(6)10)9(12)5-11/h2-4,9,12H,1H3/t9-/m1/s1. The Morgan fingerprint density at radius 1 is 1.58 bits per heavy atom. The van der Waals surface area contributed by atoms with Crippen molar-refractivity contribution in [2.24, 2.45) is 0 Å². The average molecular weight is 165 g/mol. The van der Waals surface area contributed by atoms with Gasteiger partial charge < -0.3 is 5.11 Å². The van der Waals surface area contributed by atoms with Crippen molar-refractivity contribution in [3.05, 3.63) is 35.1 Å². The van der Waals surface area contributed by atoms with E-state index in [4.69, 9.17) is 10.4 Å². The number of benzene rings is 1. The van der Waals surface area contributed by atoms with E-state index in [0.717, 1.165) is 0 Å². The lowest BCUT2D eigenvalue weighted by Gasteiger charge is -2.02. The number of hydrogen-bond acceptors (Lipinski definition) is 2. The van der Waals surface area contributed by atoms with E-state index in [9.17, 15) is 4.39 Å². The molecule has 1 atom stereocenters. The molecule has 0 fully saturated rings. The van der Waals surface area contributed by atoms with E-state index in [2.05, 4.69) is 0 Å². The number of rotatable bonds is 1. The summed E-state index contributed by atoms with van der Waals surface area (Å²) in [4.78, 5) is 0. The van der Waals surface area contributed by atoms with Crippen LogP contribution in [0, 0.1) is 24.1 Å². The van der Waals surface area contributed by atoms with E-state index in [1.165, 1.54) is 18.2 Å². The second kappa shape index (κ2) is 3.33. The Hall–Kier alpha value is -1.40. The maximum absolute atomic E-state index is 12.9. The molecule has 0 aliphatic rings. The molecule has 0 saturated heterocycles. The molecule has 0 amide bonds. The van der Waals surface area contributed by atoms with Crippen molar-refractivity contribution in [1.29, 1.82) is 5.26 Å². The number of aliphatic hydroxyl groups is 1. The normalized spacial score (nSPS) is 12.2. The first-order chi connectivity index (χ1) is 5.65. The Bertz CT molecular complexity index is 330. The summed E-state index contributed by atoms with van der Waals surface area (Å²) in [6.45, 7) is 1.62. The number of nitrogens with zero attached hydrogens (tertiary/aromatic N) is 1. The molecule has 0 spiro atoms. The summed E-state index contributed by atoms with van der Waals surface area (Å²) in [5.41, 5.74) is 0.796. The van der Waals surface area contributed by atoms with Crippen LogP contribution in [0.2, 0.25) is 0 Å². The number of aryl methyl sites for hydroxylation is 1. The maximum atomic E-state index is 12.9. The molecule has 1 rings (SSSR count). The molecule has 0 bridgehead atoms. The van der Waals surface area contributed by atoms with E-state index in [-0.39, 0.29) is 0 Å². The summed E-state index contributed by atoms with van der Waals surface area (Å²) in [5, 5.41) is 17.3. The topological polar surface area (TPSA) is 44.0 Å². The Balaban J connectivity index is 3.06. The van der Waals surface area contributed by atoms with Crippen molar-refractivity contribution in [3.63, 3.8) is 0 Å². The van der Waals surface area contributed by atoms with Crippen molar-refractivity contribution in [1.82, 2.24) is 0 Å². The summed E-state index contributed by atoms with van der Waals surface area (Å²) in [6.07, 6.45) is -1.24. The molecule has 12 heavy (non-hydrogen) atoms. The van der Waals surface area contributed by atoms with Gasteiger partial charge in [0.15, 0.2) is 6.10 Å². The number of nitriles is 1. The van der Waals surface area contributed by atoms with Crippen LogP contribution in [0.5, 0.6) is 0 Å². The lowest BCUT2D eigenvalue weighted by Crippen LogP contribution is -1.94. The van der Waals surface area contributed by atoms with Gasteiger partial charge in [-0.3, -0.25) is 0 Å². The first-order valence-electron chi connectivity index (χ1n) is 3.49. The predicted octanol–water partition coefficient (Wildman–Crippen LogP) is 1.69. The lowest BCUT2D eigenvalue weighted by atomic mass is 10.1. The fourth-order valence-corrected chi connectivity index (χ4v) is 0.854. The highest BCUT2D eigenvalue weighted by atomic mass is 19.1. The Labute approximate surface area is 69.9 Å². The molecule has 0 radical (unpaired) electrons. The van der Waals surface area contributed by atoms with Crippen molar-refractivity contribution < 1.29 is 9.50 Å². The molecule has 1 aromatic rings. The Morgan fingerprint density at radius 3 is 2.75 bits per heavy atom. The van der Waals surface area contributed by atoms with Crippen molar-refractivity contribution in [2.75, 3.05) is 0 Å². The van der Waals surface area contributed by atoms with Crippen LogP contribution in [0.3, 0.4) is 0 Å². The fraction of sp³-hybridized carbons (Fsp3) is 0.222. The summed E-state index contributed by atoms with van der Waals surface area (Å²) in [5.74, 6) is -0.401. The second-order valence-corrected chi connectivity index (χ2v) is 2.54. The predicted molar refractivity (Wildman–Crippen MR) is 41.7 cm³/mol. The van der Waals surface area contributed by atoms with Crippen molar-refractivity contribution in [3.8, 4) is 6.07 Å². The van der Waals surface area contributed by atoms with Gasteiger partial charge in [0.2, 0.25) is 0 Å². The maximum Gasteiger partial charge on any atom is 0.166 e. The Morgan fingerprint density at radius 2 is 2.25 bits per heavy atom. The van der Waals surface area contributed by atoms with Crippen LogP contribution in [0.15, 0.2) is 18.2 Å². The molecule has 1 N–H and O–H groups in total. The van der Waals surface area contributed by atoms with Gasteiger partial charge in [-0.15, -0.1) is 0 Å². The summed E-state index contributed by atoms with van der Waals surface area (Å²) in [6, 6.07) is 5.85. The van der Waals surface area contributed by atoms with Crippen LogP contribution in [0.25, 0.3) is 0 Å². The van der Waals surface area contributed by atoms with Crippen molar-refractivity contribution in [2.45, 2.75) is 13.0 Å². The summed E-state index contributed by atoms with van der Waals surface area (Å²) in [7, 11) is 0. The molecule has 2 nitrogen and oxygen atoms in total. The minimum atomic E-state index is -1.24. The van der Waals surface area contributed by atoms with Crippen LogP contribution in [0.4, 0.5) is 4.39 Å². The number of halogens is 1. The monoisotopic (exact) mass is 165 g/mol. The van der Waals surface area contributed by atoms with Gasteiger partial charge in [-0.25, -0.2) is 4.39 Å². The summed E-state index contributed by atoms with van der Waals surface area (Å²) < 4.78 is 12.9. The average Bonchev–Trinajstić information content (AvgIpc) is 2.08. The van der Waals surface area contributed by atoms with Crippen LogP contribution < -0.4 is 0 Å². The lowest BCUT2D eigenvalue weighted by molar-refractivity contribution is 0.235. The first kappa shape index (κ1) is 8.69. The van der Waals surface area contributed by atoms with Gasteiger partial charge >= 0.3 is 0 Å². The molecule has 0 aliphatic carbocycles. The number of hydrogen-bond donors (Lipinski definition) is 1. The SMILES string of the molecule is Cc1ccc([C@H](O)C#N)cc1F. The molecular formula is C9H8FNO. The highest BCUT2D eigenvalue weighted by Crippen LogP contribution is 2.15. The van der Waals surface area contributed by atoms with Gasteiger partial charge in [0.1, 0.15) is 5.82 Å². The molecule has 0 aliphatic heterocycles. The van der Waals surface area contributed by atoms with E-state index in [0.29, 0.717) is 11.1 Å². The first-order valence-corrected chi connectivity index (χ1v) is 3.49. The molecule has 0 heterocycles. The molecule has 0 unspecified atom stereocenters. The fourth-order valence-electron chi connectivity index (χ4n) is 0.854. The van der Waals surface area contributed by atoms with Crippen LogP contribution >= 0.6 is 0 Å². The van der Waals surface area contributed by atoms with E-state index >= 15 is 0 Å². The Kier molecular flexibility index (Phi) is 2.41. The molecule has 62 valence electrons. The third-order valence-corrected chi connectivity index (χ3v) is 1.63. The van der Waals surface area contributed by atoms with Gasteiger partial charge in [0.25, 0.3) is 0 Å². The second-order valence-electron chi connectivity index (χ2n) is 2.54. The quantitative estimate of drug-likeness (QED) is 0.643. The third-order valence-electron chi connectivity index (χ3n) is 1.63. The van der Waals surface area contributed by atoms with Gasteiger partial charge in [-0.1, -0.05) is 12.1 Å². The molecule has 3 heteroatoms. The smallest absolute Gasteiger partial charge is 0.166 e. The molecule has 0 aromatic heterocycles. The molecule has 0 saturated carbocycles. The summed E-state index contributed by atoms with van der Waals surface area (Å²) >= 11 is 0. The highest BCUT2D eigenvalue weighted by Gasteiger charge is 2.06. The van der Waals surface area contributed by atoms with Crippen LogP contribution in [-0.2, 0) is 0 Å². The molecular weight excluding hydrogens is 157 g/mol. The molecule has 1 aromatic carbocycles. The zero-order chi connectivity index (χ0) is 9.14. The number of aliphatic hydroxyl groups excluding tert-OH is 1. The van der Waals surface area contributed by atoms with E-state index < -0.39 is 11.9 Å². The van der Waals surface area contributed by atoms with Gasteiger partial charge in [-0.2, -0.15) is 5.26 Å². The largest absolute Gasteiger partial charge is 0.374 e. The van der Waals surface area contributed by atoms with Gasteiger partial charge in [0.05, 0.1) is 6.07 Å². The highest BCUT2D eigenvalue weighted by molar-refractivity contribution is 5.27. The van der Waals surface area contributed by atoms with E-state index in [1.54, 1.807) is 13.0 Å². The minimum Gasteiger partial charge on any atom is -0.374 e. The van der Waals surface area contributed by atoms with Crippen LogP contribution in [-0.4, -0.2) is 5.11 Å². The van der Waals surface area contributed by atoms with Crippen molar-refractivity contribution >= 4 is 0 Å². The minimum absolute atomic E-state index is 0.292. The zero-order valence-corrected chi connectivity index (χ0v) is 6.58.